The minimum absolute atomic E-state index is 0.00916. The van der Waals surface area contributed by atoms with Gasteiger partial charge in [0.2, 0.25) is 5.91 Å². The van der Waals surface area contributed by atoms with Gasteiger partial charge in [-0.25, -0.2) is 0 Å². The smallest absolute Gasteiger partial charge is 0.230 e. The molecule has 7 heteroatoms. The topological polar surface area (TPSA) is 85.8 Å². The molecule has 0 spiro atoms. The molecular formula is C12H23N5OS. The number of amides is 1. The van der Waals surface area contributed by atoms with Gasteiger partial charge in [-0.2, -0.15) is 0 Å². The zero-order valence-corrected chi connectivity index (χ0v) is 13.0. The maximum absolute atomic E-state index is 11.8. The van der Waals surface area contributed by atoms with Crippen LogP contribution < -0.4 is 11.1 Å². The first-order chi connectivity index (χ1) is 8.74. The summed E-state index contributed by atoms with van der Waals surface area (Å²) in [5.74, 6) is 1.06. The van der Waals surface area contributed by atoms with E-state index in [0.29, 0.717) is 12.3 Å². The highest BCUT2D eigenvalue weighted by molar-refractivity contribution is 7.99. The summed E-state index contributed by atoms with van der Waals surface area (Å²) in [6.45, 7) is 10.3. The molecule has 0 aliphatic carbocycles. The van der Waals surface area contributed by atoms with E-state index in [1.165, 1.54) is 11.8 Å². The summed E-state index contributed by atoms with van der Waals surface area (Å²) < 4.78 is 1.97. The second-order valence-corrected chi connectivity index (χ2v) is 6.60. The van der Waals surface area contributed by atoms with E-state index < -0.39 is 0 Å². The first kappa shape index (κ1) is 16.0. The Kier molecular flexibility index (Phi) is 5.37. The van der Waals surface area contributed by atoms with Crippen LogP contribution in [-0.4, -0.2) is 32.0 Å². The third-order valence-corrected chi connectivity index (χ3v) is 3.22. The number of hydrogen-bond acceptors (Lipinski definition) is 5. The number of hydrogen-bond donors (Lipinski definition) is 2. The molecule has 0 fully saturated rings. The van der Waals surface area contributed by atoms with Crippen LogP contribution in [0.5, 0.6) is 0 Å². The molecule has 0 bridgehead atoms. The second-order valence-electron chi connectivity index (χ2n) is 5.65. The Balaban J connectivity index is 2.68. The summed E-state index contributed by atoms with van der Waals surface area (Å²) in [4.78, 5) is 11.8. The largest absolute Gasteiger partial charge is 0.351 e. The molecule has 0 radical (unpaired) electrons. The molecule has 0 aromatic carbocycles. The first-order valence-corrected chi connectivity index (χ1v) is 7.31. The fourth-order valence-electron chi connectivity index (χ4n) is 1.65. The number of carbonyl (C=O) groups excluding carboxylic acids is 1. The van der Waals surface area contributed by atoms with Gasteiger partial charge in [-0.15, -0.1) is 10.2 Å². The number of carbonyl (C=O) groups is 1. The van der Waals surface area contributed by atoms with Crippen molar-refractivity contribution < 1.29 is 4.79 Å². The molecule has 1 heterocycles. The van der Waals surface area contributed by atoms with E-state index >= 15 is 0 Å². The molecule has 1 aromatic rings. The van der Waals surface area contributed by atoms with Gasteiger partial charge in [0.1, 0.15) is 5.82 Å². The molecule has 1 aromatic heterocycles. The van der Waals surface area contributed by atoms with Crippen LogP contribution in [0.2, 0.25) is 0 Å². The fourth-order valence-corrected chi connectivity index (χ4v) is 2.53. The molecular weight excluding hydrogens is 262 g/mol. The maximum Gasteiger partial charge on any atom is 0.230 e. The van der Waals surface area contributed by atoms with Crippen LogP contribution in [0, 0.1) is 0 Å². The van der Waals surface area contributed by atoms with Gasteiger partial charge in [0.25, 0.3) is 0 Å². The molecule has 19 heavy (non-hydrogen) atoms. The molecule has 0 saturated carbocycles. The second kappa shape index (κ2) is 6.38. The SMILES string of the molecule is CC(C)n1c(CN)nnc1SCC(=O)NC(C)(C)C. The molecule has 3 N–H and O–H groups in total. The Morgan fingerprint density at radius 3 is 2.53 bits per heavy atom. The van der Waals surface area contributed by atoms with Crippen LogP contribution in [0.25, 0.3) is 0 Å². The summed E-state index contributed by atoms with van der Waals surface area (Å²) in [6, 6.07) is 0.224. The zero-order valence-electron chi connectivity index (χ0n) is 12.2. The normalized spacial score (nSPS) is 11.9. The standard InChI is InChI=1S/C12H23N5OS/c1-8(2)17-9(6-13)15-16-11(17)19-7-10(18)14-12(3,4)5/h8H,6-7,13H2,1-5H3,(H,14,18). The first-order valence-electron chi connectivity index (χ1n) is 6.32. The lowest BCUT2D eigenvalue weighted by atomic mass is 10.1. The lowest BCUT2D eigenvalue weighted by Gasteiger charge is -2.20. The van der Waals surface area contributed by atoms with Gasteiger partial charge in [-0.1, -0.05) is 11.8 Å². The lowest BCUT2D eigenvalue weighted by Crippen LogP contribution is -2.41. The average Bonchev–Trinajstić information content (AvgIpc) is 2.66. The monoisotopic (exact) mass is 285 g/mol. The molecule has 6 nitrogen and oxygen atoms in total. The maximum atomic E-state index is 11.8. The van der Waals surface area contributed by atoms with Crippen molar-refractivity contribution in [1.82, 2.24) is 20.1 Å². The van der Waals surface area contributed by atoms with Gasteiger partial charge >= 0.3 is 0 Å². The highest BCUT2D eigenvalue weighted by Crippen LogP contribution is 2.21. The summed E-state index contributed by atoms with van der Waals surface area (Å²) in [6.07, 6.45) is 0. The van der Waals surface area contributed by atoms with Gasteiger partial charge < -0.3 is 15.6 Å². The van der Waals surface area contributed by atoms with Crippen molar-refractivity contribution in [2.45, 2.75) is 57.9 Å². The number of aromatic nitrogens is 3. The average molecular weight is 285 g/mol. The van der Waals surface area contributed by atoms with Gasteiger partial charge in [0.05, 0.1) is 12.3 Å². The van der Waals surface area contributed by atoms with Gasteiger partial charge in [0, 0.05) is 11.6 Å². The zero-order chi connectivity index (χ0) is 14.6. The van der Waals surface area contributed by atoms with Crippen LogP contribution >= 0.6 is 11.8 Å². The summed E-state index contributed by atoms with van der Waals surface area (Å²) in [5.41, 5.74) is 5.41. The molecule has 0 unspecified atom stereocenters. The van der Waals surface area contributed by atoms with Crippen molar-refractivity contribution in [1.29, 1.82) is 0 Å². The van der Waals surface area contributed by atoms with Crippen molar-refractivity contribution in [2.75, 3.05) is 5.75 Å². The Hall–Kier alpha value is -1.08. The number of nitrogens with two attached hydrogens (primary N) is 1. The van der Waals surface area contributed by atoms with E-state index in [1.807, 2.05) is 39.2 Å². The Morgan fingerprint density at radius 1 is 1.42 bits per heavy atom. The van der Waals surface area contributed by atoms with Gasteiger partial charge in [-0.05, 0) is 34.6 Å². The fraction of sp³-hybridized carbons (Fsp3) is 0.750. The third kappa shape index (κ3) is 4.83. The molecule has 108 valence electrons. The predicted octanol–water partition coefficient (Wildman–Crippen LogP) is 1.32. The predicted molar refractivity (Wildman–Crippen MR) is 76.9 cm³/mol. The summed E-state index contributed by atoms with van der Waals surface area (Å²) in [7, 11) is 0. The van der Waals surface area contributed by atoms with Crippen LogP contribution in [-0.2, 0) is 11.3 Å². The van der Waals surface area contributed by atoms with E-state index in [1.54, 1.807) is 0 Å². The number of thioether (sulfide) groups is 1. The van der Waals surface area contributed by atoms with Crippen LogP contribution in [0.3, 0.4) is 0 Å². The van der Waals surface area contributed by atoms with E-state index in [4.69, 9.17) is 5.73 Å². The number of nitrogens with one attached hydrogen (secondary N) is 1. The third-order valence-electron chi connectivity index (χ3n) is 2.28. The Morgan fingerprint density at radius 2 is 2.05 bits per heavy atom. The molecule has 1 amide bonds. The quantitative estimate of drug-likeness (QED) is 0.797. The van der Waals surface area contributed by atoms with E-state index in [9.17, 15) is 4.79 Å². The highest BCUT2D eigenvalue weighted by atomic mass is 32.2. The van der Waals surface area contributed by atoms with Crippen molar-refractivity contribution >= 4 is 17.7 Å². The summed E-state index contributed by atoms with van der Waals surface area (Å²) >= 11 is 1.38. The Labute approximate surface area is 118 Å². The van der Waals surface area contributed by atoms with Gasteiger partial charge in [0.15, 0.2) is 5.16 Å². The molecule has 0 aliphatic heterocycles. The molecule has 1 rings (SSSR count). The minimum Gasteiger partial charge on any atom is -0.351 e. The van der Waals surface area contributed by atoms with Crippen molar-refractivity contribution in [2.24, 2.45) is 5.73 Å². The lowest BCUT2D eigenvalue weighted by molar-refractivity contribution is -0.119. The number of rotatable bonds is 5. The summed E-state index contributed by atoms with van der Waals surface area (Å²) in [5, 5.41) is 11.8. The van der Waals surface area contributed by atoms with Gasteiger partial charge in [-0.3, -0.25) is 4.79 Å². The number of nitrogens with zero attached hydrogens (tertiary/aromatic N) is 3. The minimum atomic E-state index is -0.216. The van der Waals surface area contributed by atoms with Crippen LogP contribution in [0.15, 0.2) is 5.16 Å². The molecule has 0 aliphatic rings. The molecule has 0 atom stereocenters. The van der Waals surface area contributed by atoms with Crippen molar-refractivity contribution in [3.8, 4) is 0 Å². The van der Waals surface area contributed by atoms with Crippen molar-refractivity contribution in [3.05, 3.63) is 5.82 Å². The van der Waals surface area contributed by atoms with E-state index in [2.05, 4.69) is 15.5 Å². The van der Waals surface area contributed by atoms with E-state index in [0.717, 1.165) is 11.0 Å². The van der Waals surface area contributed by atoms with Crippen LogP contribution in [0.1, 0.15) is 46.5 Å². The van der Waals surface area contributed by atoms with Crippen molar-refractivity contribution in [3.63, 3.8) is 0 Å². The highest BCUT2D eigenvalue weighted by Gasteiger charge is 2.17. The Bertz CT molecular complexity index is 436. The van der Waals surface area contributed by atoms with Crippen LogP contribution in [0.4, 0.5) is 0 Å². The molecule has 0 saturated heterocycles. The van der Waals surface area contributed by atoms with E-state index in [-0.39, 0.29) is 17.5 Å².